The molecule has 4 nitrogen and oxygen atoms in total. The fourth-order valence-corrected chi connectivity index (χ4v) is 4.22. The molecule has 144 valence electrons. The second-order valence-corrected chi connectivity index (χ2v) is 7.57. The van der Waals surface area contributed by atoms with E-state index in [1.165, 1.54) is 5.56 Å². The lowest BCUT2D eigenvalue weighted by molar-refractivity contribution is -0.124. The molecule has 2 aromatic rings. The van der Waals surface area contributed by atoms with Crippen LogP contribution in [0.5, 0.6) is 0 Å². The Balaban J connectivity index is 1.63. The van der Waals surface area contributed by atoms with E-state index in [4.69, 9.17) is 0 Å². The number of benzene rings is 1. The quantitative estimate of drug-likeness (QED) is 0.770. The summed E-state index contributed by atoms with van der Waals surface area (Å²) in [5.74, 6) is 0.333. The molecule has 1 unspecified atom stereocenters. The molecule has 1 atom stereocenters. The number of carbonyl (C=O) groups is 2. The van der Waals surface area contributed by atoms with Gasteiger partial charge in [-0.1, -0.05) is 30.3 Å². The van der Waals surface area contributed by atoms with Gasteiger partial charge in [-0.25, -0.2) is 0 Å². The van der Waals surface area contributed by atoms with Gasteiger partial charge in [-0.15, -0.1) is 0 Å². The molecule has 1 saturated heterocycles. The number of hydrogen-bond donors (Lipinski definition) is 0. The number of rotatable bonds is 6. The molecule has 1 aromatic carbocycles. The zero-order valence-electron chi connectivity index (χ0n) is 16.7. The fourth-order valence-electron chi connectivity index (χ4n) is 4.22. The molecule has 2 heterocycles. The van der Waals surface area contributed by atoms with Crippen molar-refractivity contribution in [1.29, 1.82) is 0 Å². The minimum atomic E-state index is -0.0268. The average molecular weight is 367 g/mol. The van der Waals surface area contributed by atoms with Crippen LogP contribution in [0.3, 0.4) is 0 Å². The summed E-state index contributed by atoms with van der Waals surface area (Å²) in [4.78, 5) is 27.6. The van der Waals surface area contributed by atoms with E-state index in [9.17, 15) is 9.59 Å². The third kappa shape index (κ3) is 4.32. The second kappa shape index (κ2) is 8.55. The molecule has 27 heavy (non-hydrogen) atoms. The Morgan fingerprint density at radius 3 is 2.56 bits per heavy atom. The molecule has 3 rings (SSSR count). The second-order valence-electron chi connectivity index (χ2n) is 7.57. The number of piperidine rings is 1. The Morgan fingerprint density at radius 2 is 1.89 bits per heavy atom. The fraction of sp³-hybridized carbons (Fsp3) is 0.478. The molecular formula is C23H30N2O2. The van der Waals surface area contributed by atoms with Gasteiger partial charge in [0, 0.05) is 43.4 Å². The van der Waals surface area contributed by atoms with Crippen LogP contribution in [0.2, 0.25) is 0 Å². The number of likely N-dealkylation sites (tertiary alicyclic amines) is 1. The van der Waals surface area contributed by atoms with Crippen LogP contribution in [-0.4, -0.2) is 34.2 Å². The number of aryl methyl sites for hydroxylation is 2. The summed E-state index contributed by atoms with van der Waals surface area (Å²) in [5.41, 5.74) is 4.12. The van der Waals surface area contributed by atoms with Gasteiger partial charge in [0.2, 0.25) is 0 Å². The van der Waals surface area contributed by atoms with Crippen molar-refractivity contribution in [3.63, 3.8) is 0 Å². The minimum Gasteiger partial charge on any atom is -0.349 e. The molecule has 0 bridgehead atoms. The van der Waals surface area contributed by atoms with Crippen molar-refractivity contribution in [2.75, 3.05) is 13.1 Å². The number of carbonyl (C=O) groups excluding carboxylic acids is 2. The summed E-state index contributed by atoms with van der Waals surface area (Å²) in [6, 6.07) is 12.1. The van der Waals surface area contributed by atoms with Crippen molar-refractivity contribution < 1.29 is 9.59 Å². The van der Waals surface area contributed by atoms with E-state index in [2.05, 4.69) is 23.6 Å². The van der Waals surface area contributed by atoms with E-state index in [-0.39, 0.29) is 17.6 Å². The minimum absolute atomic E-state index is 0.0268. The molecule has 0 N–H and O–H groups in total. The molecule has 0 radical (unpaired) electrons. The predicted octanol–water partition coefficient (Wildman–Crippen LogP) is 4.18. The Morgan fingerprint density at radius 1 is 1.15 bits per heavy atom. The van der Waals surface area contributed by atoms with Crippen molar-refractivity contribution in [3.05, 3.63) is 58.9 Å². The van der Waals surface area contributed by atoms with Crippen LogP contribution in [0.1, 0.15) is 53.5 Å². The largest absolute Gasteiger partial charge is 0.349 e. The van der Waals surface area contributed by atoms with E-state index in [1.54, 1.807) is 0 Å². The van der Waals surface area contributed by atoms with Crippen LogP contribution < -0.4 is 0 Å². The highest BCUT2D eigenvalue weighted by Gasteiger charge is 2.29. The Kier molecular flexibility index (Phi) is 6.15. The third-order valence-electron chi connectivity index (χ3n) is 5.79. The maximum atomic E-state index is 13.1. The lowest BCUT2D eigenvalue weighted by Gasteiger charge is -2.32. The standard InChI is InChI=1S/C23H30N2O2/c1-4-25-17(2)15-21(18(25)3)23(27)24-14-8-11-20(16-24)22(26)13-12-19-9-6-5-7-10-19/h5-7,9-10,15,20H,4,8,11-14,16H2,1-3H3. The first kappa shape index (κ1) is 19.4. The maximum absolute atomic E-state index is 13.1. The van der Waals surface area contributed by atoms with Gasteiger partial charge >= 0.3 is 0 Å². The number of hydrogen-bond acceptors (Lipinski definition) is 2. The summed E-state index contributed by atoms with van der Waals surface area (Å²) in [5, 5.41) is 0. The topological polar surface area (TPSA) is 42.3 Å². The molecule has 1 aliphatic rings. The first-order valence-corrected chi connectivity index (χ1v) is 10.0. The van der Waals surface area contributed by atoms with Crippen LogP contribution in [0.15, 0.2) is 36.4 Å². The lowest BCUT2D eigenvalue weighted by atomic mass is 9.90. The zero-order chi connectivity index (χ0) is 19.4. The molecule has 0 saturated carbocycles. The number of ketones is 1. The summed E-state index contributed by atoms with van der Waals surface area (Å²) in [7, 11) is 0. The van der Waals surface area contributed by atoms with Gasteiger partial charge in [0.15, 0.2) is 0 Å². The summed E-state index contributed by atoms with van der Waals surface area (Å²) in [6.45, 7) is 8.32. The first-order valence-electron chi connectivity index (χ1n) is 10.0. The molecule has 0 aliphatic carbocycles. The van der Waals surface area contributed by atoms with E-state index >= 15 is 0 Å². The van der Waals surface area contributed by atoms with Crippen LogP contribution in [0.25, 0.3) is 0 Å². The van der Waals surface area contributed by atoms with Crippen molar-refractivity contribution in [2.45, 2.75) is 53.0 Å². The summed E-state index contributed by atoms with van der Waals surface area (Å²) >= 11 is 0. The summed E-state index contributed by atoms with van der Waals surface area (Å²) in [6.07, 6.45) is 3.13. The SMILES string of the molecule is CCn1c(C)cc(C(=O)N2CCCC(C(=O)CCc3ccccc3)C2)c1C. The number of amides is 1. The summed E-state index contributed by atoms with van der Waals surface area (Å²) < 4.78 is 2.17. The molecule has 1 amide bonds. The Hall–Kier alpha value is -2.36. The number of Topliss-reactive ketones (excluding diaryl/α,β-unsaturated/α-hetero) is 1. The highest BCUT2D eigenvalue weighted by Crippen LogP contribution is 2.23. The highest BCUT2D eigenvalue weighted by atomic mass is 16.2. The number of nitrogens with zero attached hydrogens (tertiary/aromatic N) is 2. The lowest BCUT2D eigenvalue weighted by Crippen LogP contribution is -2.42. The van der Waals surface area contributed by atoms with Gasteiger partial charge in [0.1, 0.15) is 5.78 Å². The molecule has 4 heteroatoms. The van der Waals surface area contributed by atoms with Gasteiger partial charge in [-0.3, -0.25) is 9.59 Å². The van der Waals surface area contributed by atoms with Gasteiger partial charge in [0.25, 0.3) is 5.91 Å². The van der Waals surface area contributed by atoms with E-state index in [1.807, 2.05) is 43.0 Å². The smallest absolute Gasteiger partial charge is 0.255 e. The van der Waals surface area contributed by atoms with Crippen molar-refractivity contribution in [1.82, 2.24) is 9.47 Å². The van der Waals surface area contributed by atoms with Gasteiger partial charge < -0.3 is 9.47 Å². The normalized spacial score (nSPS) is 17.1. The molecule has 1 fully saturated rings. The monoisotopic (exact) mass is 366 g/mol. The molecular weight excluding hydrogens is 336 g/mol. The van der Waals surface area contributed by atoms with Gasteiger partial charge in [-0.05, 0) is 51.7 Å². The van der Waals surface area contributed by atoms with E-state index in [0.29, 0.717) is 13.0 Å². The van der Waals surface area contributed by atoms with Gasteiger partial charge in [-0.2, -0.15) is 0 Å². The van der Waals surface area contributed by atoms with Crippen molar-refractivity contribution in [2.24, 2.45) is 5.92 Å². The van der Waals surface area contributed by atoms with Crippen LogP contribution >= 0.6 is 0 Å². The van der Waals surface area contributed by atoms with Crippen LogP contribution in [-0.2, 0) is 17.8 Å². The van der Waals surface area contributed by atoms with Crippen LogP contribution in [0.4, 0.5) is 0 Å². The Bertz CT molecular complexity index is 807. The van der Waals surface area contributed by atoms with Crippen LogP contribution in [0, 0.1) is 19.8 Å². The van der Waals surface area contributed by atoms with Crippen molar-refractivity contribution >= 4 is 11.7 Å². The van der Waals surface area contributed by atoms with Crippen molar-refractivity contribution in [3.8, 4) is 0 Å². The maximum Gasteiger partial charge on any atom is 0.255 e. The number of aromatic nitrogens is 1. The first-order chi connectivity index (χ1) is 13.0. The highest BCUT2D eigenvalue weighted by molar-refractivity contribution is 5.96. The molecule has 1 aromatic heterocycles. The Labute approximate surface area is 162 Å². The molecule has 1 aliphatic heterocycles. The van der Waals surface area contributed by atoms with Gasteiger partial charge in [0.05, 0.1) is 5.56 Å². The zero-order valence-corrected chi connectivity index (χ0v) is 16.7. The predicted molar refractivity (Wildman–Crippen MR) is 108 cm³/mol. The third-order valence-corrected chi connectivity index (χ3v) is 5.79. The van der Waals surface area contributed by atoms with E-state index < -0.39 is 0 Å². The van der Waals surface area contributed by atoms with E-state index in [0.717, 1.165) is 49.3 Å². The molecule has 0 spiro atoms. The average Bonchev–Trinajstić information content (AvgIpc) is 2.99.